The van der Waals surface area contributed by atoms with Crippen molar-refractivity contribution < 1.29 is 33.3 Å². The fourth-order valence-corrected chi connectivity index (χ4v) is 4.61. The van der Waals surface area contributed by atoms with Crippen LogP contribution < -0.4 is 5.32 Å². The van der Waals surface area contributed by atoms with Gasteiger partial charge in [-0.05, 0) is 51.9 Å². The van der Waals surface area contributed by atoms with Crippen molar-refractivity contribution in [2.75, 3.05) is 12.4 Å². The molecule has 1 saturated heterocycles. The molecular formula is C22H21ClIN5O7. The van der Waals surface area contributed by atoms with E-state index in [0.29, 0.717) is 17.9 Å². The van der Waals surface area contributed by atoms with Crippen LogP contribution in [-0.2, 0) is 39.9 Å². The van der Waals surface area contributed by atoms with Gasteiger partial charge in [0.15, 0.2) is 41.5 Å². The molecule has 0 spiro atoms. The van der Waals surface area contributed by atoms with Crippen molar-refractivity contribution in [3.8, 4) is 0 Å². The van der Waals surface area contributed by atoms with E-state index in [2.05, 4.69) is 42.9 Å². The number of rotatable bonds is 7. The topological polar surface area (TPSA) is 144 Å². The second-order valence-electron chi connectivity index (χ2n) is 7.77. The number of hydrogen-bond donors (Lipinski definition) is 1. The molecule has 1 aromatic carbocycles. The first-order valence-electron chi connectivity index (χ1n) is 10.6. The molecule has 1 N–H and O–H groups in total. The van der Waals surface area contributed by atoms with Gasteiger partial charge >= 0.3 is 17.9 Å². The van der Waals surface area contributed by atoms with Crippen LogP contribution in [0.3, 0.4) is 0 Å². The Morgan fingerprint density at radius 3 is 2.56 bits per heavy atom. The zero-order chi connectivity index (χ0) is 26.0. The van der Waals surface area contributed by atoms with Crippen LogP contribution in [0.5, 0.6) is 0 Å². The maximum Gasteiger partial charge on any atom is 0.339 e. The molecule has 2 aromatic heterocycles. The molecule has 1 fully saturated rings. The predicted molar refractivity (Wildman–Crippen MR) is 134 cm³/mol. The number of aromatic nitrogens is 4. The summed E-state index contributed by atoms with van der Waals surface area (Å²) in [4.78, 5) is 49.0. The first-order chi connectivity index (χ1) is 17.2. The number of methoxy groups -OCH3 is 1. The Hall–Kier alpha value is -3.04. The Morgan fingerprint density at radius 1 is 1.17 bits per heavy atom. The van der Waals surface area contributed by atoms with E-state index in [9.17, 15) is 14.4 Å². The number of ether oxygens (including phenoxy) is 4. The highest BCUT2D eigenvalue weighted by Gasteiger charge is 2.54. The number of benzene rings is 1. The highest BCUT2D eigenvalue weighted by Crippen LogP contribution is 2.37. The van der Waals surface area contributed by atoms with E-state index < -0.39 is 42.4 Å². The van der Waals surface area contributed by atoms with Crippen LogP contribution in [0.2, 0.25) is 5.28 Å². The van der Waals surface area contributed by atoms with Crippen LogP contribution >= 0.6 is 34.2 Å². The van der Waals surface area contributed by atoms with E-state index in [1.807, 2.05) is 24.3 Å². The number of carbonyl (C=O) groups is 3. The van der Waals surface area contributed by atoms with Gasteiger partial charge in [-0.15, -0.1) is 0 Å². The van der Waals surface area contributed by atoms with E-state index in [1.165, 1.54) is 17.8 Å². The zero-order valence-electron chi connectivity index (χ0n) is 19.3. The van der Waals surface area contributed by atoms with Gasteiger partial charge in [0.25, 0.3) is 0 Å². The van der Waals surface area contributed by atoms with Gasteiger partial charge in [-0.25, -0.2) is 9.78 Å². The lowest BCUT2D eigenvalue weighted by molar-refractivity contribution is -0.169. The lowest BCUT2D eigenvalue weighted by Gasteiger charge is -2.23. The van der Waals surface area contributed by atoms with Gasteiger partial charge in [-0.3, -0.25) is 14.2 Å². The fraction of sp³-hybridized carbons (Fsp3) is 0.364. The summed E-state index contributed by atoms with van der Waals surface area (Å²) in [5.74, 6) is -1.81. The van der Waals surface area contributed by atoms with Gasteiger partial charge in [-0.2, -0.15) is 9.97 Å². The Labute approximate surface area is 223 Å². The molecule has 0 amide bonds. The van der Waals surface area contributed by atoms with Gasteiger partial charge in [0.2, 0.25) is 5.28 Å². The van der Waals surface area contributed by atoms with Crippen LogP contribution in [-0.4, -0.2) is 62.8 Å². The Kier molecular flexibility index (Phi) is 7.90. The van der Waals surface area contributed by atoms with Gasteiger partial charge in [-0.1, -0.05) is 12.1 Å². The van der Waals surface area contributed by atoms with Gasteiger partial charge < -0.3 is 24.3 Å². The molecule has 4 rings (SSSR count). The molecule has 3 heterocycles. The minimum Gasteiger partial charge on any atom is -0.467 e. The Bertz CT molecular complexity index is 1320. The molecule has 0 unspecified atom stereocenters. The molecule has 4 atom stereocenters. The molecule has 1 aliphatic rings. The monoisotopic (exact) mass is 629 g/mol. The summed E-state index contributed by atoms with van der Waals surface area (Å²) >= 11 is 8.44. The van der Waals surface area contributed by atoms with Crippen LogP contribution in [0, 0.1) is 3.57 Å². The Balaban J connectivity index is 1.72. The smallest absolute Gasteiger partial charge is 0.339 e. The molecule has 36 heavy (non-hydrogen) atoms. The predicted octanol–water partition coefficient (Wildman–Crippen LogP) is 2.63. The van der Waals surface area contributed by atoms with Crippen LogP contribution in [0.1, 0.15) is 25.6 Å². The number of hydrogen-bond acceptors (Lipinski definition) is 11. The first kappa shape index (κ1) is 26.0. The van der Waals surface area contributed by atoms with E-state index in [1.54, 1.807) is 0 Å². The standard InChI is InChI=1S/C22H21ClIN5O7/c1-10(30)34-15-16(35-11(2)31)20(36-17(15)21(32)33-3)29-9-26-14-18(27-22(23)28-19(14)29)25-8-12-5-4-6-13(24)7-12/h4-7,9,15-17,20H,8H2,1-3H3,(H,25,27,28)/t15-,16+,17-,20+/m0/s1. The van der Waals surface area contributed by atoms with Crippen molar-refractivity contribution in [1.82, 2.24) is 19.5 Å². The normalized spacial score (nSPS) is 21.2. The quantitative estimate of drug-likeness (QED) is 0.178. The van der Waals surface area contributed by atoms with E-state index in [-0.39, 0.29) is 10.9 Å². The summed E-state index contributed by atoms with van der Waals surface area (Å²) in [6.45, 7) is 2.80. The summed E-state index contributed by atoms with van der Waals surface area (Å²) in [6, 6.07) is 7.91. The highest BCUT2D eigenvalue weighted by atomic mass is 127. The number of carbonyl (C=O) groups excluding carboxylic acids is 3. The molecule has 1 aliphatic heterocycles. The third-order valence-electron chi connectivity index (χ3n) is 5.24. The number of fused-ring (bicyclic) bond motifs is 1. The van der Waals surface area contributed by atoms with Crippen molar-refractivity contribution in [2.24, 2.45) is 0 Å². The number of nitrogens with one attached hydrogen (secondary N) is 1. The van der Waals surface area contributed by atoms with E-state index >= 15 is 0 Å². The lowest BCUT2D eigenvalue weighted by atomic mass is 10.1. The second kappa shape index (κ2) is 10.9. The van der Waals surface area contributed by atoms with Crippen LogP contribution in [0.25, 0.3) is 11.2 Å². The minimum absolute atomic E-state index is 0.0718. The Morgan fingerprint density at radius 2 is 1.89 bits per heavy atom. The van der Waals surface area contributed by atoms with E-state index in [4.69, 9.17) is 30.5 Å². The SMILES string of the molecule is COC(=O)[C@H]1O[C@@H](n2cnc3c(NCc4cccc(I)c4)nc(Cl)nc32)[C@H](OC(C)=O)[C@@H]1OC(C)=O. The highest BCUT2D eigenvalue weighted by molar-refractivity contribution is 14.1. The molecule has 14 heteroatoms. The third kappa shape index (κ3) is 5.52. The van der Waals surface area contributed by atoms with E-state index in [0.717, 1.165) is 23.2 Å². The fourth-order valence-electron chi connectivity index (χ4n) is 3.84. The lowest BCUT2D eigenvalue weighted by Crippen LogP contribution is -2.42. The van der Waals surface area contributed by atoms with Crippen molar-refractivity contribution in [3.63, 3.8) is 0 Å². The summed E-state index contributed by atoms with van der Waals surface area (Å²) < 4.78 is 23.9. The molecule has 0 aliphatic carbocycles. The maximum atomic E-state index is 12.4. The largest absolute Gasteiger partial charge is 0.467 e. The number of anilines is 1. The average molecular weight is 630 g/mol. The summed E-state index contributed by atoms with van der Waals surface area (Å²) in [5.41, 5.74) is 1.62. The van der Waals surface area contributed by atoms with Crippen molar-refractivity contribution in [2.45, 2.75) is 44.9 Å². The van der Waals surface area contributed by atoms with Crippen molar-refractivity contribution >= 4 is 69.1 Å². The van der Waals surface area contributed by atoms with Crippen LogP contribution in [0.4, 0.5) is 5.82 Å². The molecule has 12 nitrogen and oxygen atoms in total. The number of halogens is 2. The number of imidazole rings is 1. The average Bonchev–Trinajstić information content (AvgIpc) is 3.38. The zero-order valence-corrected chi connectivity index (χ0v) is 22.2. The minimum atomic E-state index is -1.36. The number of esters is 3. The molecule has 0 radical (unpaired) electrons. The van der Waals surface area contributed by atoms with Gasteiger partial charge in [0.1, 0.15) is 0 Å². The molecular weight excluding hydrogens is 609 g/mol. The van der Waals surface area contributed by atoms with Crippen LogP contribution in [0.15, 0.2) is 30.6 Å². The maximum absolute atomic E-state index is 12.4. The summed E-state index contributed by atoms with van der Waals surface area (Å²) in [6.07, 6.45) is -3.58. The molecule has 3 aromatic rings. The molecule has 0 bridgehead atoms. The molecule has 190 valence electrons. The number of nitrogens with zero attached hydrogens (tertiary/aromatic N) is 4. The summed E-state index contributed by atoms with van der Waals surface area (Å²) in [7, 11) is 1.16. The second-order valence-corrected chi connectivity index (χ2v) is 9.35. The van der Waals surface area contributed by atoms with Crippen molar-refractivity contribution in [3.05, 3.63) is 45.0 Å². The van der Waals surface area contributed by atoms with Gasteiger partial charge in [0, 0.05) is 24.0 Å². The molecule has 0 saturated carbocycles. The summed E-state index contributed by atoms with van der Waals surface area (Å²) in [5, 5.41) is 3.13. The van der Waals surface area contributed by atoms with Gasteiger partial charge in [0.05, 0.1) is 13.4 Å². The van der Waals surface area contributed by atoms with Crippen molar-refractivity contribution in [1.29, 1.82) is 0 Å². The third-order valence-corrected chi connectivity index (χ3v) is 6.08. The first-order valence-corrected chi connectivity index (χ1v) is 12.1.